The molecule has 1 aromatic rings. The quantitative estimate of drug-likeness (QED) is 0.512. The maximum atomic E-state index is 4.45. The first-order valence-corrected chi connectivity index (χ1v) is 5.05. The van der Waals surface area contributed by atoms with Gasteiger partial charge >= 0.3 is 0 Å². The summed E-state index contributed by atoms with van der Waals surface area (Å²) in [6, 6.07) is 5.71. The van der Waals surface area contributed by atoms with E-state index in [1.807, 2.05) is 18.2 Å². The van der Waals surface area contributed by atoms with Gasteiger partial charge in [-0.2, -0.15) is 0 Å². The summed E-state index contributed by atoms with van der Waals surface area (Å²) < 4.78 is 0. The molecule has 1 radical (unpaired) electrons. The van der Waals surface area contributed by atoms with E-state index in [1.54, 1.807) is 12.4 Å². The summed E-state index contributed by atoms with van der Waals surface area (Å²) >= 11 is 0. The molecular formula is C11H9Cl3N5V-3. The third-order valence-electron chi connectivity index (χ3n) is 2.28. The smallest absolute Gasteiger partial charge is 0.173 e. The predicted octanol–water partition coefficient (Wildman–Crippen LogP) is -8.25. The van der Waals surface area contributed by atoms with Crippen molar-refractivity contribution < 1.29 is 55.8 Å². The van der Waals surface area contributed by atoms with Crippen molar-refractivity contribution in [2.75, 3.05) is 13.1 Å². The molecule has 0 amide bonds. The molecular weight excluding hydrogens is 359 g/mol. The van der Waals surface area contributed by atoms with Crippen LogP contribution in [-0.2, 0) is 18.6 Å². The van der Waals surface area contributed by atoms with Gasteiger partial charge in [0.05, 0.1) is 13.1 Å². The van der Waals surface area contributed by atoms with Crippen LogP contribution in [0.1, 0.15) is 11.4 Å². The second-order valence-electron chi connectivity index (χ2n) is 3.36. The van der Waals surface area contributed by atoms with E-state index >= 15 is 0 Å². The summed E-state index contributed by atoms with van der Waals surface area (Å²) in [5.41, 5.74) is 1.55. The normalized spacial score (nSPS) is 14.2. The molecule has 0 saturated heterocycles. The Balaban J connectivity index is 0. The van der Waals surface area contributed by atoms with Gasteiger partial charge in [-0.05, 0) is 12.1 Å². The maximum absolute atomic E-state index is 4.45. The second-order valence-corrected chi connectivity index (χ2v) is 3.36. The van der Waals surface area contributed by atoms with Crippen molar-refractivity contribution in [3.63, 3.8) is 0 Å². The molecule has 0 spiro atoms. The molecule has 9 heteroatoms. The van der Waals surface area contributed by atoms with Crippen LogP contribution in [0.15, 0.2) is 38.2 Å². The van der Waals surface area contributed by atoms with Gasteiger partial charge in [0.1, 0.15) is 11.4 Å². The molecule has 0 saturated carbocycles. The molecule has 0 atom stereocenters. The van der Waals surface area contributed by atoms with Crippen LogP contribution in [0.2, 0.25) is 0 Å². The molecule has 107 valence electrons. The van der Waals surface area contributed by atoms with Crippen molar-refractivity contribution in [2.45, 2.75) is 0 Å². The molecule has 1 aromatic heterocycles. The Morgan fingerprint density at radius 3 is 1.55 bits per heavy atom. The standard InChI is InChI=1S/C11H9N5.3ClH.V/c1-2-8(10-12-4-5-13-10)16-9(3-1)11-14-6-7-15-11;;;;/h1-4,6H,5,7H2;3*1H;/p-3. The van der Waals surface area contributed by atoms with Crippen LogP contribution in [0.25, 0.3) is 0 Å². The minimum atomic E-state index is 0. The first-order valence-electron chi connectivity index (χ1n) is 5.05. The maximum Gasteiger partial charge on any atom is 0.173 e. The number of halogens is 3. The number of hydrogen-bond donors (Lipinski definition) is 0. The molecule has 20 heavy (non-hydrogen) atoms. The van der Waals surface area contributed by atoms with E-state index < -0.39 is 0 Å². The van der Waals surface area contributed by atoms with Gasteiger partial charge < -0.3 is 37.2 Å². The Labute approximate surface area is 147 Å². The van der Waals surface area contributed by atoms with Crippen LogP contribution in [0.4, 0.5) is 0 Å². The van der Waals surface area contributed by atoms with Gasteiger partial charge in [-0.1, -0.05) is 6.07 Å². The second kappa shape index (κ2) is 10.1. The molecule has 0 unspecified atom stereocenters. The zero-order valence-corrected chi connectivity index (χ0v) is 13.8. The molecule has 0 aromatic carbocycles. The number of rotatable bonds is 2. The van der Waals surface area contributed by atoms with Gasteiger partial charge in [0, 0.05) is 31.0 Å². The van der Waals surface area contributed by atoms with Crippen molar-refractivity contribution in [1.29, 1.82) is 0 Å². The third-order valence-corrected chi connectivity index (χ3v) is 2.28. The van der Waals surface area contributed by atoms with Crippen molar-refractivity contribution in [1.82, 2.24) is 4.98 Å². The van der Waals surface area contributed by atoms with E-state index in [1.165, 1.54) is 0 Å². The van der Waals surface area contributed by atoms with E-state index in [-0.39, 0.29) is 55.8 Å². The van der Waals surface area contributed by atoms with Crippen LogP contribution in [0.5, 0.6) is 0 Å². The van der Waals surface area contributed by atoms with E-state index in [9.17, 15) is 0 Å². The van der Waals surface area contributed by atoms with Gasteiger partial charge in [0.15, 0.2) is 11.7 Å². The molecule has 0 fully saturated rings. The fraction of sp³-hybridized carbons (Fsp3) is 0.182. The summed E-state index contributed by atoms with van der Waals surface area (Å²) in [7, 11) is 0. The van der Waals surface area contributed by atoms with Crippen molar-refractivity contribution in [3.8, 4) is 0 Å². The number of nitrogens with zero attached hydrogens (tertiary/aromatic N) is 5. The monoisotopic (exact) mass is 367 g/mol. The molecule has 3 rings (SSSR count). The van der Waals surface area contributed by atoms with Gasteiger partial charge in [-0.25, -0.2) is 15.0 Å². The van der Waals surface area contributed by atoms with Crippen molar-refractivity contribution >= 4 is 24.1 Å². The van der Waals surface area contributed by atoms with Crippen molar-refractivity contribution in [2.24, 2.45) is 20.0 Å². The molecule has 0 aliphatic carbocycles. The molecule has 2 aliphatic rings. The van der Waals surface area contributed by atoms with E-state index in [0.29, 0.717) is 24.8 Å². The molecule has 0 bridgehead atoms. The minimum Gasteiger partial charge on any atom is -1.00 e. The zero-order valence-electron chi connectivity index (χ0n) is 10.1. The Hall–Kier alpha value is -0.716. The van der Waals surface area contributed by atoms with Crippen LogP contribution in [0.3, 0.4) is 0 Å². The van der Waals surface area contributed by atoms with E-state index in [4.69, 9.17) is 0 Å². The summed E-state index contributed by atoms with van der Waals surface area (Å²) in [6.45, 7) is 1.28. The van der Waals surface area contributed by atoms with Gasteiger partial charge in [0.2, 0.25) is 0 Å². The topological polar surface area (TPSA) is 62.3 Å². The summed E-state index contributed by atoms with van der Waals surface area (Å²) in [6.07, 6.45) is 3.55. The van der Waals surface area contributed by atoms with Gasteiger partial charge in [-0.3, -0.25) is 9.98 Å². The van der Waals surface area contributed by atoms with Crippen LogP contribution < -0.4 is 37.2 Å². The molecule has 5 nitrogen and oxygen atoms in total. The Morgan fingerprint density at radius 1 is 0.750 bits per heavy atom. The van der Waals surface area contributed by atoms with Crippen LogP contribution in [-0.4, -0.2) is 42.2 Å². The Morgan fingerprint density at radius 2 is 1.20 bits per heavy atom. The Kier molecular flexibility index (Phi) is 10.9. The average molecular weight is 369 g/mol. The number of aliphatic imine (C=N–C) groups is 4. The summed E-state index contributed by atoms with van der Waals surface area (Å²) in [5.74, 6) is 1.37. The van der Waals surface area contributed by atoms with Crippen LogP contribution in [0, 0.1) is 0 Å². The fourth-order valence-electron chi connectivity index (χ4n) is 1.57. The number of aromatic nitrogens is 1. The Bertz CT molecular complexity index is 511. The SMILES string of the molecule is C1=NC(c2cccc(C3=NCC=N3)n2)=NC1.[Cl-].[Cl-].[Cl-].[V]. The van der Waals surface area contributed by atoms with Gasteiger partial charge in [-0.15, -0.1) is 0 Å². The summed E-state index contributed by atoms with van der Waals surface area (Å²) in [5, 5.41) is 0. The number of pyridine rings is 1. The van der Waals surface area contributed by atoms with Crippen LogP contribution >= 0.6 is 0 Å². The van der Waals surface area contributed by atoms with E-state index in [2.05, 4.69) is 25.0 Å². The zero-order chi connectivity index (χ0) is 10.8. The van der Waals surface area contributed by atoms with Gasteiger partial charge in [0.25, 0.3) is 0 Å². The minimum absolute atomic E-state index is 0. The number of amidine groups is 2. The largest absolute Gasteiger partial charge is 1.00 e. The number of hydrogen-bond acceptors (Lipinski definition) is 5. The fourth-order valence-corrected chi connectivity index (χ4v) is 1.57. The summed E-state index contributed by atoms with van der Waals surface area (Å²) in [4.78, 5) is 21.2. The average Bonchev–Trinajstić information content (AvgIpc) is 3.03. The molecule has 3 heterocycles. The predicted molar refractivity (Wildman–Crippen MR) is 64.0 cm³/mol. The first-order chi connectivity index (χ1) is 7.93. The molecule has 0 N–H and O–H groups in total. The third kappa shape index (κ3) is 4.68. The van der Waals surface area contributed by atoms with E-state index in [0.717, 1.165) is 11.4 Å². The first kappa shape index (κ1) is 21.6. The van der Waals surface area contributed by atoms with Crippen molar-refractivity contribution in [3.05, 3.63) is 29.6 Å². The molecule has 2 aliphatic heterocycles.